The second-order valence-electron chi connectivity index (χ2n) is 6.68. The lowest BCUT2D eigenvalue weighted by molar-refractivity contribution is -0.233. The third-order valence-corrected chi connectivity index (χ3v) is 5.35. The molecule has 3 unspecified atom stereocenters. The lowest BCUT2D eigenvalue weighted by Gasteiger charge is -2.37. The van der Waals surface area contributed by atoms with Crippen LogP contribution in [0.4, 0.5) is 0 Å². The molecule has 1 heterocycles. The van der Waals surface area contributed by atoms with E-state index in [4.69, 9.17) is 26.2 Å². The van der Waals surface area contributed by atoms with Gasteiger partial charge < -0.3 is 19.7 Å². The fourth-order valence-corrected chi connectivity index (χ4v) is 3.72. The number of carbonyl (C=O) groups is 1. The van der Waals surface area contributed by atoms with E-state index in [-0.39, 0.29) is 18.9 Å². The van der Waals surface area contributed by atoms with Gasteiger partial charge in [0.2, 0.25) is 0 Å². The number of halogens is 1. The van der Waals surface area contributed by atoms with Gasteiger partial charge in [-0.2, -0.15) is 0 Å². The van der Waals surface area contributed by atoms with Gasteiger partial charge in [0.15, 0.2) is 6.29 Å². The number of aliphatic carboxylic acids is 1. The monoisotopic (exact) mass is 390 g/mol. The smallest absolute Gasteiger partial charge is 0.303 e. The molecule has 2 N–H and O–H groups in total. The van der Waals surface area contributed by atoms with E-state index in [0.29, 0.717) is 18.1 Å². The first-order valence-corrected chi connectivity index (χ1v) is 9.31. The molecule has 5 nitrogen and oxygen atoms in total. The molecule has 1 aliphatic rings. The van der Waals surface area contributed by atoms with E-state index >= 15 is 0 Å². The van der Waals surface area contributed by atoms with E-state index < -0.39 is 18.4 Å². The maximum absolute atomic E-state index is 10.9. The highest BCUT2D eigenvalue weighted by Crippen LogP contribution is 2.38. The summed E-state index contributed by atoms with van der Waals surface area (Å²) in [6.07, 6.45) is -0.508. The highest BCUT2D eigenvalue weighted by atomic mass is 35.5. The summed E-state index contributed by atoms with van der Waals surface area (Å²) in [5, 5.41) is 19.4. The van der Waals surface area contributed by atoms with Crippen molar-refractivity contribution >= 4 is 17.6 Å². The Labute approximate surface area is 163 Å². The summed E-state index contributed by atoms with van der Waals surface area (Å²) in [5.41, 5.74) is 3.75. The van der Waals surface area contributed by atoms with E-state index in [0.717, 1.165) is 22.3 Å². The molecule has 0 aliphatic carbocycles. The second-order valence-corrected chi connectivity index (χ2v) is 7.08. The topological polar surface area (TPSA) is 76.0 Å². The van der Waals surface area contributed by atoms with Crippen molar-refractivity contribution in [2.45, 2.75) is 38.1 Å². The summed E-state index contributed by atoms with van der Waals surface area (Å²) in [6.45, 7) is 2.21. The number of rotatable bonds is 6. The molecule has 2 aromatic rings. The molecule has 0 saturated carbocycles. The average molecular weight is 391 g/mol. The number of carboxylic acids is 1. The van der Waals surface area contributed by atoms with Crippen LogP contribution in [0, 0.1) is 6.92 Å². The molecule has 3 atom stereocenters. The van der Waals surface area contributed by atoms with E-state index in [1.165, 1.54) is 0 Å². The Morgan fingerprint density at radius 1 is 1.19 bits per heavy atom. The predicted molar refractivity (Wildman–Crippen MR) is 102 cm³/mol. The molecule has 0 aromatic heterocycles. The predicted octanol–water partition coefficient (Wildman–Crippen LogP) is 3.86. The van der Waals surface area contributed by atoms with E-state index in [2.05, 4.69) is 0 Å². The molecule has 0 radical (unpaired) electrons. The second kappa shape index (κ2) is 8.85. The molecule has 6 heteroatoms. The standard InChI is InChI=1S/C21H23ClO5/c1-13-14(9-10-20(24)25)5-4-7-15(13)17-12-26-21(27-19(17)11-23)16-6-2-3-8-18(16)22/h2-8,17,19,21,23H,9-12H2,1H3,(H,24,25). The van der Waals surface area contributed by atoms with Crippen molar-refractivity contribution in [3.63, 3.8) is 0 Å². The van der Waals surface area contributed by atoms with Gasteiger partial charge in [-0.15, -0.1) is 0 Å². The minimum Gasteiger partial charge on any atom is -0.481 e. The van der Waals surface area contributed by atoms with E-state index in [1.54, 1.807) is 6.07 Å². The van der Waals surface area contributed by atoms with Gasteiger partial charge in [0.1, 0.15) is 0 Å². The lowest BCUT2D eigenvalue weighted by atomic mass is 9.87. The zero-order valence-electron chi connectivity index (χ0n) is 15.1. The fourth-order valence-electron chi connectivity index (χ4n) is 3.50. The molecule has 27 heavy (non-hydrogen) atoms. The third-order valence-electron chi connectivity index (χ3n) is 5.01. The van der Waals surface area contributed by atoms with Crippen molar-refractivity contribution in [1.29, 1.82) is 0 Å². The van der Waals surface area contributed by atoms with Crippen LogP contribution in [0.3, 0.4) is 0 Å². The molecule has 1 aliphatic heterocycles. The quantitative estimate of drug-likeness (QED) is 0.783. The van der Waals surface area contributed by atoms with Gasteiger partial charge in [0, 0.05) is 22.9 Å². The minimum atomic E-state index is -0.819. The Morgan fingerprint density at radius 3 is 2.63 bits per heavy atom. The summed E-state index contributed by atoms with van der Waals surface area (Å²) < 4.78 is 11.9. The van der Waals surface area contributed by atoms with Crippen molar-refractivity contribution in [3.8, 4) is 0 Å². The Morgan fingerprint density at radius 2 is 1.93 bits per heavy atom. The highest BCUT2D eigenvalue weighted by Gasteiger charge is 2.35. The number of hydrogen-bond acceptors (Lipinski definition) is 4. The van der Waals surface area contributed by atoms with Crippen molar-refractivity contribution < 1.29 is 24.5 Å². The van der Waals surface area contributed by atoms with Crippen LogP contribution in [-0.2, 0) is 20.7 Å². The summed E-state index contributed by atoms with van der Waals surface area (Å²) in [6, 6.07) is 13.2. The molecule has 1 saturated heterocycles. The van der Waals surface area contributed by atoms with Crippen LogP contribution in [0.2, 0.25) is 5.02 Å². The highest BCUT2D eigenvalue weighted by molar-refractivity contribution is 6.31. The Kier molecular flexibility index (Phi) is 6.50. The Hall–Kier alpha value is -1.92. The van der Waals surface area contributed by atoms with Crippen molar-refractivity contribution in [3.05, 3.63) is 69.7 Å². The van der Waals surface area contributed by atoms with Gasteiger partial charge in [-0.1, -0.05) is 48.0 Å². The van der Waals surface area contributed by atoms with Crippen molar-refractivity contribution in [1.82, 2.24) is 0 Å². The van der Waals surface area contributed by atoms with Crippen LogP contribution in [-0.4, -0.2) is 35.5 Å². The molecule has 3 rings (SSSR count). The summed E-state index contributed by atoms with van der Waals surface area (Å²) >= 11 is 6.24. The van der Waals surface area contributed by atoms with Crippen LogP contribution in [0.15, 0.2) is 42.5 Å². The maximum atomic E-state index is 10.9. The van der Waals surface area contributed by atoms with Crippen LogP contribution in [0.25, 0.3) is 0 Å². The number of benzene rings is 2. The van der Waals surface area contributed by atoms with Crippen LogP contribution >= 0.6 is 11.6 Å². The van der Waals surface area contributed by atoms with Gasteiger partial charge in [-0.3, -0.25) is 4.79 Å². The maximum Gasteiger partial charge on any atom is 0.303 e. The van der Waals surface area contributed by atoms with Gasteiger partial charge in [0.25, 0.3) is 0 Å². The number of ether oxygens (including phenoxy) is 2. The van der Waals surface area contributed by atoms with Crippen molar-refractivity contribution in [2.24, 2.45) is 0 Å². The van der Waals surface area contributed by atoms with Gasteiger partial charge in [-0.05, 0) is 36.1 Å². The van der Waals surface area contributed by atoms with Crippen molar-refractivity contribution in [2.75, 3.05) is 13.2 Å². The molecule has 0 bridgehead atoms. The zero-order valence-corrected chi connectivity index (χ0v) is 15.9. The normalized spacial score (nSPS) is 22.6. The first-order chi connectivity index (χ1) is 13.0. The molecular weight excluding hydrogens is 368 g/mol. The SMILES string of the molecule is Cc1c(CCC(=O)O)cccc1C1COC(c2ccccc2Cl)OC1CO. The number of hydrogen-bond donors (Lipinski definition) is 2. The Balaban J connectivity index is 1.81. The molecular formula is C21H23ClO5. The number of aliphatic hydroxyl groups is 1. The number of carboxylic acid groups (broad SMARTS) is 1. The van der Waals surface area contributed by atoms with Gasteiger partial charge in [-0.25, -0.2) is 0 Å². The summed E-state index contributed by atoms with van der Waals surface area (Å²) in [5.74, 6) is -0.960. The third kappa shape index (κ3) is 4.50. The Bertz CT molecular complexity index is 807. The largest absolute Gasteiger partial charge is 0.481 e. The van der Waals surface area contributed by atoms with E-state index in [9.17, 15) is 9.90 Å². The fraction of sp³-hybridized carbons (Fsp3) is 0.381. The first kappa shape index (κ1) is 19.8. The number of aryl methyl sites for hydroxylation is 1. The zero-order chi connectivity index (χ0) is 19.4. The molecule has 144 valence electrons. The lowest BCUT2D eigenvalue weighted by Crippen LogP contribution is -2.37. The van der Waals surface area contributed by atoms with Crippen LogP contribution in [0.1, 0.15) is 40.9 Å². The van der Waals surface area contributed by atoms with E-state index in [1.807, 2.05) is 43.3 Å². The van der Waals surface area contributed by atoms with Gasteiger partial charge >= 0.3 is 5.97 Å². The van der Waals surface area contributed by atoms with Crippen LogP contribution < -0.4 is 0 Å². The average Bonchev–Trinajstić information content (AvgIpc) is 2.67. The number of aliphatic hydroxyl groups excluding tert-OH is 1. The molecule has 2 aromatic carbocycles. The van der Waals surface area contributed by atoms with Crippen LogP contribution in [0.5, 0.6) is 0 Å². The first-order valence-electron chi connectivity index (χ1n) is 8.93. The summed E-state index contributed by atoms with van der Waals surface area (Å²) in [7, 11) is 0. The van der Waals surface area contributed by atoms with Gasteiger partial charge in [0.05, 0.1) is 19.3 Å². The molecule has 0 amide bonds. The molecule has 1 fully saturated rings. The summed E-state index contributed by atoms with van der Waals surface area (Å²) in [4.78, 5) is 10.9. The minimum absolute atomic E-state index is 0.0833. The molecule has 0 spiro atoms.